The van der Waals surface area contributed by atoms with Crippen LogP contribution in [0.3, 0.4) is 0 Å². The fraction of sp³-hybridized carbons (Fsp3) is 0.190. The van der Waals surface area contributed by atoms with Crippen LogP contribution in [-0.2, 0) is 23.3 Å². The number of carbonyl (C=O) groups excluding carboxylic acids is 2. The average Bonchev–Trinajstić information content (AvgIpc) is 3.37. The number of amides is 3. The fourth-order valence-electron chi connectivity index (χ4n) is 4.03. The summed E-state index contributed by atoms with van der Waals surface area (Å²) in [4.78, 5) is 31.7. The third kappa shape index (κ3) is 2.56. The van der Waals surface area contributed by atoms with E-state index in [1.807, 2.05) is 53.9 Å². The lowest BCUT2D eigenvalue weighted by Gasteiger charge is -2.22. The zero-order valence-corrected chi connectivity index (χ0v) is 16.4. The zero-order chi connectivity index (χ0) is 19.3. The van der Waals surface area contributed by atoms with Crippen LogP contribution in [0.1, 0.15) is 23.2 Å². The van der Waals surface area contributed by atoms with Crippen LogP contribution in [-0.4, -0.2) is 21.8 Å². The fourth-order valence-corrected chi connectivity index (χ4v) is 5.16. The van der Waals surface area contributed by atoms with Gasteiger partial charge in [0.25, 0.3) is 5.91 Å². The topological polar surface area (TPSA) is 62.3 Å². The van der Waals surface area contributed by atoms with Crippen molar-refractivity contribution in [2.45, 2.75) is 24.9 Å². The maximum absolute atomic E-state index is 13.2. The molecule has 3 aromatic rings. The largest absolute Gasteiger partial charge is 0.325 e. The molecule has 2 aliphatic rings. The summed E-state index contributed by atoms with van der Waals surface area (Å²) in [6.45, 7) is 0.148. The summed E-state index contributed by atoms with van der Waals surface area (Å²) < 4.78 is 0. The molecule has 1 aliphatic carbocycles. The molecule has 1 aromatic heterocycles. The molecule has 7 heteroatoms. The molecule has 1 saturated heterocycles. The molecule has 2 heterocycles. The third-order valence-electron chi connectivity index (χ3n) is 5.40. The minimum atomic E-state index is -0.935. The first-order valence-electron chi connectivity index (χ1n) is 9.00. The maximum atomic E-state index is 13.2. The normalized spacial score (nSPS) is 20.7. The Balaban J connectivity index is 1.42. The first kappa shape index (κ1) is 17.4. The molecule has 0 saturated carbocycles. The van der Waals surface area contributed by atoms with Gasteiger partial charge in [-0.3, -0.25) is 9.69 Å². The molecule has 1 unspecified atom stereocenters. The quantitative estimate of drug-likeness (QED) is 0.654. The van der Waals surface area contributed by atoms with Crippen LogP contribution in [0.4, 0.5) is 4.79 Å². The summed E-state index contributed by atoms with van der Waals surface area (Å²) >= 11 is 7.70. The molecule has 1 N–H and O–H groups in total. The second-order valence-corrected chi connectivity index (χ2v) is 8.27. The number of thiazole rings is 1. The maximum Gasteiger partial charge on any atom is 0.325 e. The van der Waals surface area contributed by atoms with Crippen molar-refractivity contribution in [2.75, 3.05) is 0 Å². The van der Waals surface area contributed by atoms with E-state index in [0.29, 0.717) is 17.1 Å². The van der Waals surface area contributed by atoms with Gasteiger partial charge in [0.05, 0.1) is 17.3 Å². The van der Waals surface area contributed by atoms with Gasteiger partial charge < -0.3 is 5.32 Å². The van der Waals surface area contributed by atoms with Gasteiger partial charge in [-0.25, -0.2) is 9.78 Å². The Bertz CT molecular complexity index is 1110. The number of nitrogens with one attached hydrogen (secondary N) is 1. The molecule has 140 valence electrons. The number of aryl methyl sites for hydroxylation is 1. The predicted octanol–water partition coefficient (Wildman–Crippen LogP) is 4.36. The molecular weight excluding hydrogens is 394 g/mol. The number of fused-ring (bicyclic) bond motifs is 2. The van der Waals surface area contributed by atoms with E-state index in [-0.39, 0.29) is 18.5 Å². The van der Waals surface area contributed by atoms with Crippen LogP contribution in [0.25, 0.3) is 10.6 Å². The van der Waals surface area contributed by atoms with Crippen molar-refractivity contribution in [1.29, 1.82) is 0 Å². The smallest absolute Gasteiger partial charge is 0.319 e. The minimum Gasteiger partial charge on any atom is -0.319 e. The van der Waals surface area contributed by atoms with Crippen LogP contribution >= 0.6 is 22.9 Å². The lowest BCUT2D eigenvalue weighted by atomic mass is 9.92. The van der Waals surface area contributed by atoms with Gasteiger partial charge in [0.15, 0.2) is 0 Å². The summed E-state index contributed by atoms with van der Waals surface area (Å²) in [7, 11) is 0. The van der Waals surface area contributed by atoms with E-state index >= 15 is 0 Å². The number of benzene rings is 2. The van der Waals surface area contributed by atoms with Crippen molar-refractivity contribution in [3.05, 3.63) is 75.8 Å². The summed E-state index contributed by atoms with van der Waals surface area (Å²) in [5.74, 6) is -0.199. The highest BCUT2D eigenvalue weighted by Gasteiger charge is 2.55. The first-order valence-corrected chi connectivity index (χ1v) is 10.3. The zero-order valence-electron chi connectivity index (χ0n) is 14.8. The van der Waals surface area contributed by atoms with Gasteiger partial charge in [0.2, 0.25) is 0 Å². The molecule has 1 aliphatic heterocycles. The highest BCUT2D eigenvalue weighted by molar-refractivity contribution is 7.13. The number of hydrogen-bond acceptors (Lipinski definition) is 4. The second-order valence-electron chi connectivity index (χ2n) is 7.01. The van der Waals surface area contributed by atoms with E-state index in [0.717, 1.165) is 28.1 Å². The van der Waals surface area contributed by atoms with Crippen LogP contribution in [0.15, 0.2) is 53.9 Å². The molecular formula is C21H16ClN3O2S. The Kier molecular flexibility index (Phi) is 4.00. The molecule has 1 spiro atoms. The van der Waals surface area contributed by atoms with Crippen LogP contribution in [0.2, 0.25) is 5.02 Å². The third-order valence-corrected chi connectivity index (χ3v) is 6.65. The highest BCUT2D eigenvalue weighted by atomic mass is 35.5. The van der Waals surface area contributed by atoms with Gasteiger partial charge >= 0.3 is 6.03 Å². The first-order chi connectivity index (χ1) is 13.6. The number of carbonyl (C=O) groups is 2. The van der Waals surface area contributed by atoms with Gasteiger partial charge in [0.1, 0.15) is 10.5 Å². The minimum absolute atomic E-state index is 0.148. The van der Waals surface area contributed by atoms with Gasteiger partial charge in [0, 0.05) is 10.9 Å². The lowest BCUT2D eigenvalue weighted by molar-refractivity contribution is -0.132. The average molecular weight is 410 g/mol. The van der Waals surface area contributed by atoms with E-state index in [4.69, 9.17) is 11.6 Å². The molecule has 1 fully saturated rings. The van der Waals surface area contributed by atoms with E-state index in [2.05, 4.69) is 10.3 Å². The SMILES string of the molecule is O=C1NC2(CCc3ccccc32)C(=O)N1Cc1csc(-c2ccccc2Cl)n1. The molecule has 5 nitrogen and oxygen atoms in total. The van der Waals surface area contributed by atoms with Crippen molar-refractivity contribution >= 4 is 34.9 Å². The van der Waals surface area contributed by atoms with Gasteiger partial charge in [-0.15, -0.1) is 11.3 Å². The van der Waals surface area contributed by atoms with Gasteiger partial charge in [-0.2, -0.15) is 0 Å². The van der Waals surface area contributed by atoms with Crippen LogP contribution < -0.4 is 5.32 Å². The van der Waals surface area contributed by atoms with Crippen molar-refractivity contribution in [3.63, 3.8) is 0 Å². The van der Waals surface area contributed by atoms with E-state index in [1.54, 1.807) is 0 Å². The second kappa shape index (κ2) is 6.43. The van der Waals surface area contributed by atoms with Gasteiger partial charge in [-0.1, -0.05) is 54.1 Å². The molecule has 5 rings (SSSR count). The number of hydrogen-bond donors (Lipinski definition) is 1. The number of halogens is 1. The van der Waals surface area contributed by atoms with Crippen molar-refractivity contribution in [3.8, 4) is 10.6 Å². The Morgan fingerprint density at radius 2 is 1.93 bits per heavy atom. The number of rotatable bonds is 3. The monoisotopic (exact) mass is 409 g/mol. The standard InChI is InChI=1S/C21H16ClN3O2S/c22-17-8-4-2-6-15(17)18-23-14(12-28-18)11-25-19(26)21(24-20(25)27)10-9-13-5-1-3-7-16(13)21/h1-8,12H,9-11H2,(H,24,27). The number of urea groups is 1. The van der Waals surface area contributed by atoms with E-state index < -0.39 is 5.54 Å². The Morgan fingerprint density at radius 1 is 1.14 bits per heavy atom. The Labute approximate surface area is 171 Å². The molecule has 2 aromatic carbocycles. The van der Waals surface area contributed by atoms with Crippen molar-refractivity contribution in [1.82, 2.24) is 15.2 Å². The molecule has 0 bridgehead atoms. The van der Waals surface area contributed by atoms with Crippen LogP contribution in [0, 0.1) is 0 Å². The molecule has 28 heavy (non-hydrogen) atoms. The van der Waals surface area contributed by atoms with E-state index in [1.165, 1.54) is 16.2 Å². The summed E-state index contributed by atoms with van der Waals surface area (Å²) in [6, 6.07) is 14.9. The lowest BCUT2D eigenvalue weighted by Crippen LogP contribution is -2.41. The van der Waals surface area contributed by atoms with Crippen molar-refractivity contribution < 1.29 is 9.59 Å². The van der Waals surface area contributed by atoms with Gasteiger partial charge in [-0.05, 0) is 30.0 Å². The predicted molar refractivity (Wildman–Crippen MR) is 108 cm³/mol. The molecule has 0 radical (unpaired) electrons. The van der Waals surface area contributed by atoms with Crippen molar-refractivity contribution in [2.24, 2.45) is 0 Å². The number of imide groups is 1. The van der Waals surface area contributed by atoms with E-state index in [9.17, 15) is 9.59 Å². The van der Waals surface area contributed by atoms with Crippen LogP contribution in [0.5, 0.6) is 0 Å². The molecule has 3 amide bonds. The summed E-state index contributed by atoms with van der Waals surface area (Å²) in [5.41, 5.74) is 2.61. The summed E-state index contributed by atoms with van der Waals surface area (Å²) in [5, 5.41) is 6.21. The Hall–Kier alpha value is -2.70. The molecule has 1 atom stereocenters. The Morgan fingerprint density at radius 3 is 2.79 bits per heavy atom. The number of nitrogens with zero attached hydrogens (tertiary/aromatic N) is 2. The highest BCUT2D eigenvalue weighted by Crippen LogP contribution is 2.41. The number of aromatic nitrogens is 1. The summed E-state index contributed by atoms with van der Waals surface area (Å²) in [6.07, 6.45) is 1.37.